The van der Waals surface area contributed by atoms with Crippen LogP contribution in [0.5, 0.6) is 0 Å². The highest BCUT2D eigenvalue weighted by Crippen LogP contribution is 2.34. The topological polar surface area (TPSA) is 79.8 Å². The van der Waals surface area contributed by atoms with Crippen LogP contribution >= 0.6 is 0 Å². The van der Waals surface area contributed by atoms with E-state index in [0.29, 0.717) is 6.54 Å². The molecule has 2 heterocycles. The molecule has 2 N–H and O–H groups in total. The van der Waals surface area contributed by atoms with E-state index in [2.05, 4.69) is 25.6 Å². The summed E-state index contributed by atoms with van der Waals surface area (Å²) >= 11 is 0. The second-order valence-corrected chi connectivity index (χ2v) is 5.48. The Morgan fingerprint density at radius 3 is 2.59 bits per heavy atom. The van der Waals surface area contributed by atoms with Crippen LogP contribution in [0.15, 0.2) is 61.1 Å². The van der Waals surface area contributed by atoms with Crippen LogP contribution < -0.4 is 10.6 Å². The van der Waals surface area contributed by atoms with Gasteiger partial charge in [-0.05, 0) is 29.8 Å². The van der Waals surface area contributed by atoms with Gasteiger partial charge in [-0.25, -0.2) is 9.97 Å². The van der Waals surface area contributed by atoms with Crippen molar-refractivity contribution in [1.82, 2.24) is 15.0 Å². The molecule has 1 aromatic carbocycles. The molecule has 0 saturated heterocycles. The van der Waals surface area contributed by atoms with Crippen molar-refractivity contribution in [1.29, 1.82) is 0 Å². The van der Waals surface area contributed by atoms with E-state index in [9.17, 15) is 18.0 Å². The van der Waals surface area contributed by atoms with Crippen LogP contribution in [-0.2, 0) is 12.7 Å². The van der Waals surface area contributed by atoms with Gasteiger partial charge in [0, 0.05) is 25.1 Å². The number of anilines is 2. The number of amides is 1. The number of rotatable bonds is 5. The smallest absolute Gasteiger partial charge is 0.350 e. The molecule has 0 fully saturated rings. The molecule has 3 aromatic rings. The lowest BCUT2D eigenvalue weighted by molar-refractivity contribution is -0.136. The van der Waals surface area contributed by atoms with Crippen molar-refractivity contribution in [2.75, 3.05) is 10.6 Å². The van der Waals surface area contributed by atoms with Gasteiger partial charge in [-0.3, -0.25) is 9.78 Å². The fraction of sp³-hybridized carbons (Fsp3) is 0.111. The molecule has 0 radical (unpaired) electrons. The van der Waals surface area contributed by atoms with E-state index in [1.54, 1.807) is 18.5 Å². The number of carbonyl (C=O) groups is 1. The first-order valence-corrected chi connectivity index (χ1v) is 7.87. The molecule has 27 heavy (non-hydrogen) atoms. The fourth-order valence-corrected chi connectivity index (χ4v) is 2.28. The predicted octanol–water partition coefficient (Wildman–Crippen LogP) is 3.75. The van der Waals surface area contributed by atoms with Gasteiger partial charge in [0.25, 0.3) is 5.91 Å². The largest absolute Gasteiger partial charge is 0.418 e. The molecule has 138 valence electrons. The van der Waals surface area contributed by atoms with Gasteiger partial charge in [-0.2, -0.15) is 13.2 Å². The summed E-state index contributed by atoms with van der Waals surface area (Å²) in [6, 6.07) is 9.69. The highest BCUT2D eigenvalue weighted by atomic mass is 19.4. The number of hydrogen-bond acceptors (Lipinski definition) is 5. The summed E-state index contributed by atoms with van der Waals surface area (Å²) in [6.07, 6.45) is 0.0799. The summed E-state index contributed by atoms with van der Waals surface area (Å²) in [5.41, 5.74) is -0.438. The molecule has 0 unspecified atom stereocenters. The zero-order valence-corrected chi connectivity index (χ0v) is 13.9. The highest BCUT2D eigenvalue weighted by Gasteiger charge is 2.33. The Morgan fingerprint density at radius 2 is 1.85 bits per heavy atom. The van der Waals surface area contributed by atoms with E-state index in [0.717, 1.165) is 11.6 Å². The Bertz CT molecular complexity index is 932. The molecule has 0 atom stereocenters. The number of para-hydroxylation sites is 1. The third kappa shape index (κ3) is 4.78. The van der Waals surface area contributed by atoms with E-state index in [-0.39, 0.29) is 17.3 Å². The second kappa shape index (κ2) is 7.81. The summed E-state index contributed by atoms with van der Waals surface area (Å²) in [4.78, 5) is 24.3. The lowest BCUT2D eigenvalue weighted by Crippen LogP contribution is -2.18. The third-order valence-electron chi connectivity index (χ3n) is 3.54. The normalized spacial score (nSPS) is 11.1. The Hall–Kier alpha value is -3.49. The molecule has 0 aliphatic carbocycles. The molecular weight excluding hydrogens is 359 g/mol. The first-order valence-electron chi connectivity index (χ1n) is 7.87. The first-order chi connectivity index (χ1) is 12.9. The molecule has 0 bridgehead atoms. The number of nitrogens with zero attached hydrogens (tertiary/aromatic N) is 3. The number of halogens is 3. The van der Waals surface area contributed by atoms with Crippen molar-refractivity contribution in [2.45, 2.75) is 12.7 Å². The van der Waals surface area contributed by atoms with Crippen LogP contribution in [0.3, 0.4) is 0 Å². The van der Waals surface area contributed by atoms with Crippen LogP contribution in [0, 0.1) is 0 Å². The van der Waals surface area contributed by atoms with E-state index < -0.39 is 17.6 Å². The summed E-state index contributed by atoms with van der Waals surface area (Å²) in [5, 5.41) is 5.18. The molecule has 6 nitrogen and oxygen atoms in total. The molecule has 0 saturated carbocycles. The number of carbonyl (C=O) groups excluding carboxylic acids is 1. The minimum absolute atomic E-state index is 0.0596. The van der Waals surface area contributed by atoms with Crippen molar-refractivity contribution in [3.8, 4) is 0 Å². The van der Waals surface area contributed by atoms with E-state index >= 15 is 0 Å². The Balaban J connectivity index is 1.73. The van der Waals surface area contributed by atoms with Crippen molar-refractivity contribution >= 4 is 17.5 Å². The SMILES string of the molecule is O=C(Nc1ccccc1C(F)(F)F)c1ccnc(NCc2cccnc2)n1. The van der Waals surface area contributed by atoms with Gasteiger partial charge in [0.15, 0.2) is 0 Å². The van der Waals surface area contributed by atoms with Gasteiger partial charge in [0.2, 0.25) is 5.95 Å². The Morgan fingerprint density at radius 1 is 1.04 bits per heavy atom. The summed E-state index contributed by atoms with van der Waals surface area (Å²) in [5.74, 6) is -0.589. The fourth-order valence-electron chi connectivity index (χ4n) is 2.28. The van der Waals surface area contributed by atoms with Gasteiger partial charge in [-0.15, -0.1) is 0 Å². The molecule has 3 rings (SSSR count). The summed E-state index contributed by atoms with van der Waals surface area (Å²) in [6.45, 7) is 0.385. The number of aromatic nitrogens is 3. The number of benzene rings is 1. The van der Waals surface area contributed by atoms with Crippen LogP contribution in [0.25, 0.3) is 0 Å². The average Bonchev–Trinajstić information content (AvgIpc) is 2.67. The van der Waals surface area contributed by atoms with Crippen LogP contribution in [0.2, 0.25) is 0 Å². The van der Waals surface area contributed by atoms with Crippen LogP contribution in [0.1, 0.15) is 21.6 Å². The van der Waals surface area contributed by atoms with E-state index in [1.165, 1.54) is 30.5 Å². The predicted molar refractivity (Wildman–Crippen MR) is 93.0 cm³/mol. The quantitative estimate of drug-likeness (QED) is 0.712. The summed E-state index contributed by atoms with van der Waals surface area (Å²) in [7, 11) is 0. The van der Waals surface area contributed by atoms with E-state index in [1.807, 2.05) is 6.07 Å². The maximum atomic E-state index is 13.0. The maximum Gasteiger partial charge on any atom is 0.418 e. The number of pyridine rings is 1. The van der Waals surface area contributed by atoms with Gasteiger partial charge in [0.1, 0.15) is 5.69 Å². The Kier molecular flexibility index (Phi) is 5.30. The minimum Gasteiger partial charge on any atom is -0.350 e. The molecule has 0 aliphatic rings. The Labute approximate surface area is 152 Å². The molecule has 9 heteroatoms. The molecule has 0 aliphatic heterocycles. The molecule has 0 spiro atoms. The number of nitrogens with one attached hydrogen (secondary N) is 2. The maximum absolute atomic E-state index is 13.0. The monoisotopic (exact) mass is 373 g/mol. The lowest BCUT2D eigenvalue weighted by atomic mass is 10.1. The zero-order chi connectivity index (χ0) is 19.3. The lowest BCUT2D eigenvalue weighted by Gasteiger charge is -2.13. The van der Waals surface area contributed by atoms with Gasteiger partial charge >= 0.3 is 6.18 Å². The third-order valence-corrected chi connectivity index (χ3v) is 3.54. The second-order valence-electron chi connectivity index (χ2n) is 5.48. The highest BCUT2D eigenvalue weighted by molar-refractivity contribution is 6.03. The van der Waals surface area contributed by atoms with E-state index in [4.69, 9.17) is 0 Å². The molecular formula is C18H14F3N5O. The van der Waals surface area contributed by atoms with Crippen molar-refractivity contribution in [3.63, 3.8) is 0 Å². The average molecular weight is 373 g/mol. The van der Waals surface area contributed by atoms with Crippen molar-refractivity contribution in [2.24, 2.45) is 0 Å². The van der Waals surface area contributed by atoms with Crippen molar-refractivity contribution < 1.29 is 18.0 Å². The first kappa shape index (κ1) is 18.3. The van der Waals surface area contributed by atoms with Gasteiger partial charge < -0.3 is 10.6 Å². The summed E-state index contributed by atoms with van der Waals surface area (Å²) < 4.78 is 39.1. The standard InChI is InChI=1S/C18H14F3N5O/c19-18(20,21)13-5-1-2-6-14(13)25-16(27)15-7-9-23-17(26-15)24-11-12-4-3-8-22-10-12/h1-10H,11H2,(H,25,27)(H,23,24,26). The molecule has 1 amide bonds. The number of alkyl halides is 3. The zero-order valence-electron chi connectivity index (χ0n) is 13.9. The molecule has 2 aromatic heterocycles. The van der Waals surface area contributed by atoms with Gasteiger partial charge in [-0.1, -0.05) is 18.2 Å². The minimum atomic E-state index is -4.58. The van der Waals surface area contributed by atoms with Crippen molar-refractivity contribution in [3.05, 3.63) is 77.9 Å². The number of hydrogen-bond donors (Lipinski definition) is 2. The van der Waals surface area contributed by atoms with Crippen LogP contribution in [0.4, 0.5) is 24.8 Å². The van der Waals surface area contributed by atoms with Gasteiger partial charge in [0.05, 0.1) is 11.3 Å². The van der Waals surface area contributed by atoms with Crippen LogP contribution in [-0.4, -0.2) is 20.9 Å².